The van der Waals surface area contributed by atoms with E-state index in [2.05, 4.69) is 10.2 Å². The van der Waals surface area contributed by atoms with Crippen molar-refractivity contribution in [3.8, 4) is 17.2 Å². The molecule has 1 aromatic carbocycles. The van der Waals surface area contributed by atoms with E-state index < -0.39 is 0 Å². The molecule has 1 aromatic heterocycles. The second kappa shape index (κ2) is 5.65. The average molecular weight is 334 g/mol. The molecule has 0 spiro atoms. The summed E-state index contributed by atoms with van der Waals surface area (Å²) in [5, 5.41) is 10.6. The summed E-state index contributed by atoms with van der Waals surface area (Å²) in [6, 6.07) is 5.38. The quantitative estimate of drug-likeness (QED) is 0.834. The van der Waals surface area contributed by atoms with Crippen LogP contribution in [-0.2, 0) is 11.4 Å². The fourth-order valence-electron chi connectivity index (χ4n) is 2.45. The van der Waals surface area contributed by atoms with Crippen LogP contribution < -0.4 is 19.2 Å². The minimum absolute atomic E-state index is 0.0457. The summed E-state index contributed by atoms with van der Waals surface area (Å²) in [6.45, 7) is 2.59. The molecule has 120 valence electrons. The molecule has 2 aromatic rings. The van der Waals surface area contributed by atoms with E-state index >= 15 is 0 Å². The highest BCUT2D eigenvalue weighted by Gasteiger charge is 2.25. The van der Waals surface area contributed by atoms with Crippen LogP contribution in [0, 0.1) is 0 Å². The number of hydrogen-bond acceptors (Lipinski definition) is 7. The SMILES string of the molecule is CC(=O)N1CCSc2nnc(COc3ccc4c(c3)OCO4)n21. The van der Waals surface area contributed by atoms with Crippen molar-refractivity contribution >= 4 is 17.7 Å². The highest BCUT2D eigenvalue weighted by atomic mass is 32.2. The molecule has 0 fully saturated rings. The zero-order valence-corrected chi connectivity index (χ0v) is 13.2. The molecule has 3 heterocycles. The summed E-state index contributed by atoms with van der Waals surface area (Å²) in [5.74, 6) is 3.35. The van der Waals surface area contributed by atoms with Gasteiger partial charge in [0.05, 0.1) is 6.54 Å². The van der Waals surface area contributed by atoms with Crippen LogP contribution in [0.4, 0.5) is 0 Å². The van der Waals surface area contributed by atoms with Gasteiger partial charge in [-0.15, -0.1) is 10.2 Å². The van der Waals surface area contributed by atoms with Gasteiger partial charge in [0.2, 0.25) is 17.9 Å². The lowest BCUT2D eigenvalue weighted by Gasteiger charge is -2.27. The van der Waals surface area contributed by atoms with Gasteiger partial charge in [-0.3, -0.25) is 4.79 Å². The van der Waals surface area contributed by atoms with Crippen molar-refractivity contribution < 1.29 is 19.0 Å². The van der Waals surface area contributed by atoms with Gasteiger partial charge in [0.1, 0.15) is 12.4 Å². The Hall–Kier alpha value is -2.42. The molecule has 23 heavy (non-hydrogen) atoms. The van der Waals surface area contributed by atoms with Crippen LogP contribution in [0.5, 0.6) is 17.2 Å². The predicted octanol–water partition coefficient (Wildman–Crippen LogP) is 1.18. The molecule has 0 aliphatic carbocycles. The number of thioether (sulfide) groups is 1. The highest BCUT2D eigenvalue weighted by Crippen LogP contribution is 2.35. The summed E-state index contributed by atoms with van der Waals surface area (Å²) in [7, 11) is 0. The fourth-order valence-corrected chi connectivity index (χ4v) is 3.33. The summed E-state index contributed by atoms with van der Waals surface area (Å²) in [5.41, 5.74) is 0. The molecule has 0 atom stereocenters. The van der Waals surface area contributed by atoms with Gasteiger partial charge >= 0.3 is 0 Å². The Morgan fingerprint density at radius 1 is 1.35 bits per heavy atom. The Morgan fingerprint density at radius 2 is 2.22 bits per heavy atom. The number of carbonyl (C=O) groups excluding carboxylic acids is 1. The number of nitrogens with zero attached hydrogens (tertiary/aromatic N) is 4. The lowest BCUT2D eigenvalue weighted by atomic mass is 10.3. The van der Waals surface area contributed by atoms with Crippen LogP contribution >= 0.6 is 11.8 Å². The Labute approximate surface area is 136 Å². The molecule has 0 radical (unpaired) electrons. The van der Waals surface area contributed by atoms with E-state index in [-0.39, 0.29) is 19.3 Å². The normalized spacial score (nSPS) is 15.4. The van der Waals surface area contributed by atoms with Crippen molar-refractivity contribution in [2.45, 2.75) is 18.7 Å². The Kier molecular flexibility index (Phi) is 3.49. The largest absolute Gasteiger partial charge is 0.485 e. The first-order valence-corrected chi connectivity index (χ1v) is 8.09. The van der Waals surface area contributed by atoms with Crippen LogP contribution in [-0.4, -0.2) is 39.9 Å². The van der Waals surface area contributed by atoms with E-state index in [4.69, 9.17) is 14.2 Å². The van der Waals surface area contributed by atoms with Crippen molar-refractivity contribution in [1.29, 1.82) is 0 Å². The summed E-state index contributed by atoms with van der Waals surface area (Å²) < 4.78 is 18.1. The molecular formula is C14H14N4O4S. The third-order valence-electron chi connectivity index (χ3n) is 3.53. The standard InChI is InChI=1S/C14H14N4O4S/c1-9(19)17-4-5-23-14-16-15-13(18(14)17)7-20-10-2-3-11-12(6-10)22-8-21-11/h2-3,6H,4-5,7-8H2,1H3. The van der Waals surface area contributed by atoms with E-state index in [1.165, 1.54) is 6.92 Å². The average Bonchev–Trinajstić information content (AvgIpc) is 3.18. The smallest absolute Gasteiger partial charge is 0.238 e. The first-order valence-electron chi connectivity index (χ1n) is 7.10. The van der Waals surface area contributed by atoms with Crippen molar-refractivity contribution in [2.75, 3.05) is 24.1 Å². The van der Waals surface area contributed by atoms with Gasteiger partial charge in [-0.05, 0) is 12.1 Å². The maximum Gasteiger partial charge on any atom is 0.238 e. The van der Waals surface area contributed by atoms with Crippen LogP contribution in [0.25, 0.3) is 0 Å². The molecule has 0 saturated carbocycles. The summed E-state index contributed by atoms with van der Waals surface area (Å²) >= 11 is 1.57. The number of ether oxygens (including phenoxy) is 3. The number of amides is 1. The number of fused-ring (bicyclic) bond motifs is 2. The molecule has 9 heteroatoms. The maximum atomic E-state index is 11.8. The molecule has 0 bridgehead atoms. The van der Waals surface area contributed by atoms with Crippen molar-refractivity contribution in [2.24, 2.45) is 0 Å². The van der Waals surface area contributed by atoms with E-state index in [9.17, 15) is 4.79 Å². The van der Waals surface area contributed by atoms with Gasteiger partial charge in [-0.25, -0.2) is 9.69 Å². The van der Waals surface area contributed by atoms with Gasteiger partial charge in [0.25, 0.3) is 0 Å². The number of carbonyl (C=O) groups is 1. The van der Waals surface area contributed by atoms with Gasteiger partial charge in [-0.1, -0.05) is 11.8 Å². The van der Waals surface area contributed by atoms with Crippen LogP contribution in [0.2, 0.25) is 0 Å². The van der Waals surface area contributed by atoms with Crippen LogP contribution in [0.1, 0.15) is 12.7 Å². The zero-order chi connectivity index (χ0) is 15.8. The number of aromatic nitrogens is 3. The van der Waals surface area contributed by atoms with E-state index in [1.54, 1.807) is 39.6 Å². The van der Waals surface area contributed by atoms with E-state index in [0.717, 1.165) is 5.75 Å². The van der Waals surface area contributed by atoms with E-state index in [0.29, 0.717) is 34.8 Å². The molecule has 0 unspecified atom stereocenters. The first kappa shape index (κ1) is 14.2. The summed E-state index contributed by atoms with van der Waals surface area (Å²) in [6.07, 6.45) is 0. The second-order valence-electron chi connectivity index (χ2n) is 5.00. The second-order valence-corrected chi connectivity index (χ2v) is 6.07. The van der Waals surface area contributed by atoms with Gasteiger partial charge in [0, 0.05) is 18.7 Å². The number of benzene rings is 1. The minimum atomic E-state index is -0.0457. The zero-order valence-electron chi connectivity index (χ0n) is 12.4. The Morgan fingerprint density at radius 3 is 3.09 bits per heavy atom. The van der Waals surface area contributed by atoms with Crippen molar-refractivity contribution in [3.63, 3.8) is 0 Å². The molecule has 1 amide bonds. The maximum absolute atomic E-state index is 11.8. The van der Waals surface area contributed by atoms with Crippen LogP contribution in [0.15, 0.2) is 23.4 Å². The predicted molar refractivity (Wildman–Crippen MR) is 81.4 cm³/mol. The van der Waals surface area contributed by atoms with Crippen molar-refractivity contribution in [1.82, 2.24) is 14.9 Å². The Balaban J connectivity index is 1.54. The lowest BCUT2D eigenvalue weighted by Crippen LogP contribution is -2.44. The van der Waals surface area contributed by atoms with E-state index in [1.807, 2.05) is 0 Å². The first-order chi connectivity index (χ1) is 11.2. The van der Waals surface area contributed by atoms with Gasteiger partial charge in [0.15, 0.2) is 17.3 Å². The third-order valence-corrected chi connectivity index (χ3v) is 4.43. The number of rotatable bonds is 3. The fraction of sp³-hybridized carbons (Fsp3) is 0.357. The third kappa shape index (κ3) is 2.56. The molecule has 0 saturated heterocycles. The molecule has 2 aliphatic rings. The highest BCUT2D eigenvalue weighted by molar-refractivity contribution is 7.99. The molecule has 2 aliphatic heterocycles. The molecule has 0 N–H and O–H groups in total. The molecule has 4 rings (SSSR count). The summed E-state index contributed by atoms with van der Waals surface area (Å²) in [4.78, 5) is 11.8. The lowest BCUT2D eigenvalue weighted by molar-refractivity contribution is -0.118. The number of hydrogen-bond donors (Lipinski definition) is 0. The monoisotopic (exact) mass is 334 g/mol. The van der Waals surface area contributed by atoms with Crippen molar-refractivity contribution in [3.05, 3.63) is 24.0 Å². The van der Waals surface area contributed by atoms with Gasteiger partial charge in [-0.2, -0.15) is 0 Å². The van der Waals surface area contributed by atoms with Gasteiger partial charge < -0.3 is 14.2 Å². The van der Waals surface area contributed by atoms with Crippen LogP contribution in [0.3, 0.4) is 0 Å². The minimum Gasteiger partial charge on any atom is -0.485 e. The molecule has 8 nitrogen and oxygen atoms in total. The molecular weight excluding hydrogens is 320 g/mol. The topological polar surface area (TPSA) is 78.7 Å². The Bertz CT molecular complexity index is 763.